The number of rotatable bonds is 3. The third-order valence-electron chi connectivity index (χ3n) is 3.00. The summed E-state index contributed by atoms with van der Waals surface area (Å²) in [5, 5.41) is 9.33. The van der Waals surface area contributed by atoms with Crippen LogP contribution in [0.3, 0.4) is 0 Å². The van der Waals surface area contributed by atoms with Crippen molar-refractivity contribution < 1.29 is 14.3 Å². The van der Waals surface area contributed by atoms with Gasteiger partial charge in [0.2, 0.25) is 0 Å². The quantitative estimate of drug-likeness (QED) is 0.873. The van der Waals surface area contributed by atoms with Crippen LogP contribution in [-0.2, 0) is 0 Å². The normalized spacial score (nSPS) is 14.7. The van der Waals surface area contributed by atoms with E-state index < -0.39 is 0 Å². The van der Waals surface area contributed by atoms with Gasteiger partial charge in [-0.25, -0.2) is 4.98 Å². The maximum Gasteiger partial charge on any atom is 0.255 e. The molecule has 1 aromatic heterocycles. The highest BCUT2D eigenvalue weighted by Crippen LogP contribution is 2.33. The van der Waals surface area contributed by atoms with Crippen LogP contribution >= 0.6 is 0 Å². The summed E-state index contributed by atoms with van der Waals surface area (Å²) < 4.78 is 11.0. The molecule has 0 fully saturated rings. The lowest BCUT2D eigenvalue weighted by Crippen LogP contribution is -2.28. The van der Waals surface area contributed by atoms with Crippen LogP contribution in [0.4, 0.5) is 0 Å². The topological polar surface area (TPSA) is 89.1 Å². The molecule has 7 nitrogen and oxygen atoms in total. The van der Waals surface area contributed by atoms with Gasteiger partial charge in [-0.3, -0.25) is 9.89 Å². The Labute approximate surface area is 115 Å². The van der Waals surface area contributed by atoms with E-state index in [0.717, 1.165) is 0 Å². The second-order valence-corrected chi connectivity index (χ2v) is 4.40. The van der Waals surface area contributed by atoms with E-state index in [4.69, 9.17) is 9.47 Å². The molecule has 1 unspecified atom stereocenters. The van der Waals surface area contributed by atoms with Crippen molar-refractivity contribution in [3.8, 4) is 11.5 Å². The summed E-state index contributed by atoms with van der Waals surface area (Å²) in [5.74, 6) is 1.44. The molecule has 1 aromatic carbocycles. The number of aromatic nitrogens is 3. The Balaban J connectivity index is 1.81. The van der Waals surface area contributed by atoms with Gasteiger partial charge < -0.3 is 14.8 Å². The van der Waals surface area contributed by atoms with Crippen molar-refractivity contribution in [3.63, 3.8) is 0 Å². The minimum Gasteiger partial charge on any atom is -0.486 e. The minimum absolute atomic E-state index is 0.240. The predicted molar refractivity (Wildman–Crippen MR) is 69.7 cm³/mol. The van der Waals surface area contributed by atoms with Crippen LogP contribution in [0, 0.1) is 0 Å². The second-order valence-electron chi connectivity index (χ2n) is 4.40. The van der Waals surface area contributed by atoms with Crippen molar-refractivity contribution in [2.24, 2.45) is 0 Å². The van der Waals surface area contributed by atoms with E-state index in [2.05, 4.69) is 20.5 Å². The summed E-state index contributed by atoms with van der Waals surface area (Å²) in [6.45, 7) is 2.76. The van der Waals surface area contributed by atoms with E-state index in [1.807, 2.05) is 6.92 Å². The number of H-pyrrole nitrogens is 1. The van der Waals surface area contributed by atoms with Crippen molar-refractivity contribution in [2.45, 2.75) is 13.0 Å². The molecule has 2 aromatic rings. The van der Waals surface area contributed by atoms with Crippen LogP contribution in [0.25, 0.3) is 0 Å². The van der Waals surface area contributed by atoms with E-state index in [1.54, 1.807) is 18.2 Å². The number of benzene rings is 1. The lowest BCUT2D eigenvalue weighted by atomic mass is 10.1. The van der Waals surface area contributed by atoms with Crippen molar-refractivity contribution in [3.05, 3.63) is 35.9 Å². The first-order valence-electron chi connectivity index (χ1n) is 6.30. The van der Waals surface area contributed by atoms with Crippen LogP contribution in [0.15, 0.2) is 24.5 Å². The SMILES string of the molecule is CC(NC(=O)c1cccc2c1OCCO2)c1ncn[nH]1. The van der Waals surface area contributed by atoms with Gasteiger partial charge in [0.1, 0.15) is 25.4 Å². The van der Waals surface area contributed by atoms with E-state index in [1.165, 1.54) is 6.33 Å². The van der Waals surface area contributed by atoms with Crippen LogP contribution in [-0.4, -0.2) is 34.3 Å². The molecule has 2 N–H and O–H groups in total. The summed E-state index contributed by atoms with van der Waals surface area (Å²) in [6, 6.07) is 4.98. The number of hydrogen-bond acceptors (Lipinski definition) is 5. The maximum absolute atomic E-state index is 12.3. The first kappa shape index (κ1) is 12.5. The van der Waals surface area contributed by atoms with Gasteiger partial charge in [0.05, 0.1) is 11.6 Å². The molecular weight excluding hydrogens is 260 g/mol. The molecule has 20 heavy (non-hydrogen) atoms. The van der Waals surface area contributed by atoms with Gasteiger partial charge in [0.25, 0.3) is 5.91 Å². The number of nitrogens with zero attached hydrogens (tertiary/aromatic N) is 2. The molecule has 2 heterocycles. The number of carbonyl (C=O) groups is 1. The molecule has 3 rings (SSSR count). The molecule has 0 saturated heterocycles. The molecular formula is C13H14N4O3. The zero-order valence-electron chi connectivity index (χ0n) is 10.9. The van der Waals surface area contributed by atoms with Crippen LogP contribution < -0.4 is 14.8 Å². The van der Waals surface area contributed by atoms with Gasteiger partial charge in [-0.2, -0.15) is 5.10 Å². The fourth-order valence-corrected chi connectivity index (χ4v) is 2.02. The third kappa shape index (κ3) is 2.29. The van der Waals surface area contributed by atoms with E-state index in [9.17, 15) is 4.79 Å². The third-order valence-corrected chi connectivity index (χ3v) is 3.00. The van der Waals surface area contributed by atoms with Crippen LogP contribution in [0.2, 0.25) is 0 Å². The molecule has 1 atom stereocenters. The van der Waals surface area contributed by atoms with Gasteiger partial charge in [-0.15, -0.1) is 0 Å². The zero-order valence-corrected chi connectivity index (χ0v) is 10.9. The summed E-state index contributed by atoms with van der Waals surface area (Å²) in [6.07, 6.45) is 1.40. The highest BCUT2D eigenvalue weighted by atomic mass is 16.6. The fourth-order valence-electron chi connectivity index (χ4n) is 2.02. The van der Waals surface area contributed by atoms with Gasteiger partial charge in [0, 0.05) is 0 Å². The average Bonchev–Trinajstić information content (AvgIpc) is 3.01. The molecule has 0 spiro atoms. The molecule has 7 heteroatoms. The Morgan fingerprint density at radius 2 is 2.25 bits per heavy atom. The summed E-state index contributed by atoms with van der Waals surface area (Å²) in [4.78, 5) is 16.3. The van der Waals surface area contributed by atoms with E-state index >= 15 is 0 Å². The Bertz CT molecular complexity index is 612. The molecule has 1 aliphatic heterocycles. The number of ether oxygens (including phenoxy) is 2. The van der Waals surface area contributed by atoms with Crippen molar-refractivity contribution in [1.29, 1.82) is 0 Å². The average molecular weight is 274 g/mol. The molecule has 0 bridgehead atoms. The number of para-hydroxylation sites is 1. The Morgan fingerprint density at radius 1 is 1.40 bits per heavy atom. The fraction of sp³-hybridized carbons (Fsp3) is 0.308. The molecule has 1 amide bonds. The van der Waals surface area contributed by atoms with Crippen molar-refractivity contribution in [1.82, 2.24) is 20.5 Å². The van der Waals surface area contributed by atoms with Crippen molar-refractivity contribution in [2.75, 3.05) is 13.2 Å². The Morgan fingerprint density at radius 3 is 3.05 bits per heavy atom. The zero-order chi connectivity index (χ0) is 13.9. The molecule has 0 saturated carbocycles. The number of amides is 1. The van der Waals surface area contributed by atoms with Crippen LogP contribution in [0.5, 0.6) is 11.5 Å². The molecule has 104 valence electrons. The van der Waals surface area contributed by atoms with Crippen LogP contribution in [0.1, 0.15) is 29.1 Å². The van der Waals surface area contributed by atoms with Gasteiger partial charge in [0.15, 0.2) is 11.5 Å². The maximum atomic E-state index is 12.3. The monoisotopic (exact) mass is 274 g/mol. The van der Waals surface area contributed by atoms with E-state index in [0.29, 0.717) is 36.1 Å². The standard InChI is InChI=1S/C13H14N4O3/c1-8(12-14-7-15-17-12)16-13(18)9-3-2-4-10-11(9)20-6-5-19-10/h2-4,7-8H,5-6H2,1H3,(H,16,18)(H,14,15,17). The van der Waals surface area contributed by atoms with Crippen molar-refractivity contribution >= 4 is 5.91 Å². The number of nitrogens with one attached hydrogen (secondary N) is 2. The van der Waals surface area contributed by atoms with Gasteiger partial charge in [-0.05, 0) is 19.1 Å². The van der Waals surface area contributed by atoms with Gasteiger partial charge >= 0.3 is 0 Å². The second kappa shape index (κ2) is 5.20. The first-order valence-corrected chi connectivity index (χ1v) is 6.30. The van der Waals surface area contributed by atoms with E-state index in [-0.39, 0.29) is 11.9 Å². The largest absolute Gasteiger partial charge is 0.486 e. The molecule has 0 radical (unpaired) electrons. The number of hydrogen-bond donors (Lipinski definition) is 2. The smallest absolute Gasteiger partial charge is 0.255 e. The summed E-state index contributed by atoms with van der Waals surface area (Å²) in [7, 11) is 0. The highest BCUT2D eigenvalue weighted by Gasteiger charge is 2.22. The summed E-state index contributed by atoms with van der Waals surface area (Å²) >= 11 is 0. The summed E-state index contributed by atoms with van der Waals surface area (Å²) in [5.41, 5.74) is 0.452. The predicted octanol–water partition coefficient (Wildman–Crippen LogP) is 1.07. The number of fused-ring (bicyclic) bond motifs is 1. The Hall–Kier alpha value is -2.57. The highest BCUT2D eigenvalue weighted by molar-refractivity contribution is 5.98. The number of carbonyl (C=O) groups excluding carboxylic acids is 1. The lowest BCUT2D eigenvalue weighted by molar-refractivity contribution is 0.0927. The minimum atomic E-state index is -0.273. The Kier molecular flexibility index (Phi) is 3.24. The first-order chi connectivity index (χ1) is 9.75. The lowest BCUT2D eigenvalue weighted by Gasteiger charge is -2.21. The van der Waals surface area contributed by atoms with Gasteiger partial charge in [-0.1, -0.05) is 6.07 Å². The number of aromatic amines is 1. The molecule has 0 aliphatic carbocycles. The molecule has 1 aliphatic rings.